The van der Waals surface area contributed by atoms with Gasteiger partial charge >= 0.3 is 0 Å². The Labute approximate surface area is 83.5 Å². The first kappa shape index (κ1) is 9.46. The molecular weight excluding hydrogens is 176 g/mol. The molecule has 1 aliphatic rings. The highest BCUT2D eigenvalue weighted by atomic mass is 16.1. The zero-order chi connectivity index (χ0) is 9.97. The molecule has 2 heterocycles. The zero-order valence-corrected chi connectivity index (χ0v) is 8.47. The fraction of sp³-hybridized carbons (Fsp3) is 0.545. The Morgan fingerprint density at radius 2 is 2.00 bits per heavy atom. The molecule has 76 valence electrons. The van der Waals surface area contributed by atoms with Crippen LogP contribution in [-0.4, -0.2) is 18.1 Å². The van der Waals surface area contributed by atoms with Crippen molar-refractivity contribution in [2.45, 2.75) is 25.7 Å². The number of H-pyrrole nitrogens is 1. The number of piperidine rings is 1. The summed E-state index contributed by atoms with van der Waals surface area (Å²) in [7, 11) is 0. The van der Waals surface area contributed by atoms with Gasteiger partial charge in [0.25, 0.3) is 5.56 Å². The van der Waals surface area contributed by atoms with Crippen LogP contribution >= 0.6 is 0 Å². The van der Waals surface area contributed by atoms with E-state index in [1.54, 1.807) is 0 Å². The van der Waals surface area contributed by atoms with E-state index in [0.717, 1.165) is 37.2 Å². The smallest absolute Gasteiger partial charge is 0.251 e. The van der Waals surface area contributed by atoms with Crippen molar-refractivity contribution in [3.63, 3.8) is 0 Å². The molecule has 0 aliphatic carbocycles. The van der Waals surface area contributed by atoms with Gasteiger partial charge < -0.3 is 10.3 Å². The van der Waals surface area contributed by atoms with Crippen molar-refractivity contribution in [2.24, 2.45) is 0 Å². The first-order chi connectivity index (χ1) is 6.77. The maximum absolute atomic E-state index is 11.7. The molecule has 14 heavy (non-hydrogen) atoms. The van der Waals surface area contributed by atoms with Gasteiger partial charge in [0, 0.05) is 11.3 Å². The maximum atomic E-state index is 11.7. The molecule has 2 rings (SSSR count). The SMILES string of the molecule is Cc1ccc(C2CCNCC2)c(=O)[nH]1. The molecule has 0 radical (unpaired) electrons. The quantitative estimate of drug-likeness (QED) is 0.701. The standard InChI is InChI=1S/C11H16N2O/c1-8-2-3-10(11(14)13-8)9-4-6-12-7-5-9/h2-3,9,12H,4-7H2,1H3,(H,13,14). The summed E-state index contributed by atoms with van der Waals surface area (Å²) in [4.78, 5) is 14.5. The van der Waals surface area contributed by atoms with Crippen LogP contribution in [0.3, 0.4) is 0 Å². The third-order valence-corrected chi connectivity index (χ3v) is 2.86. The lowest BCUT2D eigenvalue weighted by Gasteiger charge is -2.22. The van der Waals surface area contributed by atoms with Crippen LogP contribution in [0.15, 0.2) is 16.9 Å². The molecular formula is C11H16N2O. The minimum Gasteiger partial charge on any atom is -0.326 e. The number of aromatic nitrogens is 1. The number of aryl methyl sites for hydroxylation is 1. The molecule has 1 fully saturated rings. The first-order valence-corrected chi connectivity index (χ1v) is 5.18. The monoisotopic (exact) mass is 192 g/mol. The highest BCUT2D eigenvalue weighted by Gasteiger charge is 2.17. The van der Waals surface area contributed by atoms with E-state index in [-0.39, 0.29) is 5.56 Å². The van der Waals surface area contributed by atoms with E-state index >= 15 is 0 Å². The van der Waals surface area contributed by atoms with Crippen molar-refractivity contribution >= 4 is 0 Å². The third kappa shape index (κ3) is 1.87. The second-order valence-corrected chi connectivity index (χ2v) is 3.95. The van der Waals surface area contributed by atoms with Crippen LogP contribution in [0.2, 0.25) is 0 Å². The highest BCUT2D eigenvalue weighted by molar-refractivity contribution is 5.18. The van der Waals surface area contributed by atoms with Crippen molar-refractivity contribution in [1.29, 1.82) is 0 Å². The van der Waals surface area contributed by atoms with Crippen molar-refractivity contribution in [2.75, 3.05) is 13.1 Å². The van der Waals surface area contributed by atoms with Crippen molar-refractivity contribution in [3.05, 3.63) is 33.7 Å². The van der Waals surface area contributed by atoms with Crippen LogP contribution in [0.1, 0.15) is 30.0 Å². The molecule has 0 amide bonds. The summed E-state index contributed by atoms with van der Waals surface area (Å²) in [5, 5.41) is 3.30. The predicted molar refractivity (Wildman–Crippen MR) is 56.6 cm³/mol. The normalized spacial score (nSPS) is 18.4. The van der Waals surface area contributed by atoms with Crippen LogP contribution < -0.4 is 10.9 Å². The molecule has 0 saturated carbocycles. The van der Waals surface area contributed by atoms with E-state index in [2.05, 4.69) is 10.3 Å². The lowest BCUT2D eigenvalue weighted by molar-refractivity contribution is 0.457. The fourth-order valence-corrected chi connectivity index (χ4v) is 2.04. The average molecular weight is 192 g/mol. The number of nitrogens with one attached hydrogen (secondary N) is 2. The number of hydrogen-bond acceptors (Lipinski definition) is 2. The van der Waals surface area contributed by atoms with Gasteiger partial charge in [0.15, 0.2) is 0 Å². The fourth-order valence-electron chi connectivity index (χ4n) is 2.04. The Bertz CT molecular complexity index is 364. The maximum Gasteiger partial charge on any atom is 0.251 e. The van der Waals surface area contributed by atoms with Gasteiger partial charge in [-0.1, -0.05) is 6.07 Å². The van der Waals surface area contributed by atoms with Crippen molar-refractivity contribution in [1.82, 2.24) is 10.3 Å². The van der Waals surface area contributed by atoms with Gasteiger partial charge in [-0.05, 0) is 44.8 Å². The molecule has 0 unspecified atom stereocenters. The van der Waals surface area contributed by atoms with Crippen molar-refractivity contribution < 1.29 is 0 Å². The second-order valence-electron chi connectivity index (χ2n) is 3.95. The summed E-state index contributed by atoms with van der Waals surface area (Å²) >= 11 is 0. The Kier molecular flexibility index (Phi) is 2.68. The van der Waals surface area contributed by atoms with Gasteiger partial charge in [0.2, 0.25) is 0 Å². The van der Waals surface area contributed by atoms with E-state index < -0.39 is 0 Å². The third-order valence-electron chi connectivity index (χ3n) is 2.86. The predicted octanol–water partition coefficient (Wildman–Crippen LogP) is 1.15. The van der Waals surface area contributed by atoms with Gasteiger partial charge in [-0.2, -0.15) is 0 Å². The lowest BCUT2D eigenvalue weighted by atomic mass is 9.91. The topological polar surface area (TPSA) is 44.9 Å². The molecule has 1 aliphatic heterocycles. The second kappa shape index (κ2) is 3.96. The minimum absolute atomic E-state index is 0.0944. The van der Waals surface area contributed by atoms with E-state index in [1.807, 2.05) is 19.1 Å². The molecule has 3 heteroatoms. The summed E-state index contributed by atoms with van der Waals surface area (Å²) in [6.07, 6.45) is 2.15. The Morgan fingerprint density at radius 1 is 1.29 bits per heavy atom. The largest absolute Gasteiger partial charge is 0.326 e. The number of pyridine rings is 1. The average Bonchev–Trinajstić information content (AvgIpc) is 2.19. The molecule has 2 N–H and O–H groups in total. The number of rotatable bonds is 1. The number of aromatic amines is 1. The van der Waals surface area contributed by atoms with Gasteiger partial charge in [-0.3, -0.25) is 4.79 Å². The zero-order valence-electron chi connectivity index (χ0n) is 8.47. The van der Waals surface area contributed by atoms with E-state index in [9.17, 15) is 4.79 Å². The Morgan fingerprint density at radius 3 is 2.64 bits per heavy atom. The minimum atomic E-state index is 0.0944. The van der Waals surface area contributed by atoms with Crippen LogP contribution in [0.25, 0.3) is 0 Å². The Balaban J connectivity index is 2.26. The van der Waals surface area contributed by atoms with Crippen LogP contribution in [0.5, 0.6) is 0 Å². The van der Waals surface area contributed by atoms with Gasteiger partial charge in [0.05, 0.1) is 0 Å². The number of hydrogen-bond donors (Lipinski definition) is 2. The molecule has 0 spiro atoms. The van der Waals surface area contributed by atoms with E-state index in [1.165, 1.54) is 0 Å². The van der Waals surface area contributed by atoms with Crippen LogP contribution in [0, 0.1) is 6.92 Å². The molecule has 1 saturated heterocycles. The first-order valence-electron chi connectivity index (χ1n) is 5.18. The summed E-state index contributed by atoms with van der Waals surface area (Å²) in [5.41, 5.74) is 1.99. The summed E-state index contributed by atoms with van der Waals surface area (Å²) in [6, 6.07) is 3.96. The molecule has 0 bridgehead atoms. The molecule has 0 aromatic carbocycles. The molecule has 1 aromatic rings. The molecule has 3 nitrogen and oxygen atoms in total. The van der Waals surface area contributed by atoms with Gasteiger partial charge in [-0.25, -0.2) is 0 Å². The summed E-state index contributed by atoms with van der Waals surface area (Å²) < 4.78 is 0. The Hall–Kier alpha value is -1.09. The van der Waals surface area contributed by atoms with Gasteiger partial charge in [0.1, 0.15) is 0 Å². The van der Waals surface area contributed by atoms with Crippen LogP contribution in [0.4, 0.5) is 0 Å². The summed E-state index contributed by atoms with van der Waals surface area (Å²) in [6.45, 7) is 3.96. The lowest BCUT2D eigenvalue weighted by Crippen LogP contribution is -2.29. The van der Waals surface area contributed by atoms with E-state index in [0.29, 0.717) is 5.92 Å². The van der Waals surface area contributed by atoms with E-state index in [4.69, 9.17) is 0 Å². The molecule has 0 atom stereocenters. The van der Waals surface area contributed by atoms with Crippen molar-refractivity contribution in [3.8, 4) is 0 Å². The van der Waals surface area contributed by atoms with Crippen LogP contribution in [-0.2, 0) is 0 Å². The molecule has 1 aromatic heterocycles. The summed E-state index contributed by atoms with van der Waals surface area (Å²) in [5.74, 6) is 0.445. The highest BCUT2D eigenvalue weighted by Crippen LogP contribution is 2.21. The van der Waals surface area contributed by atoms with Gasteiger partial charge in [-0.15, -0.1) is 0 Å².